The van der Waals surface area contributed by atoms with Crippen molar-refractivity contribution < 1.29 is 9.90 Å². The molecule has 1 rings (SSSR count). The summed E-state index contributed by atoms with van der Waals surface area (Å²) in [5.41, 5.74) is 5.72. The molecule has 1 fully saturated rings. The zero-order valence-electron chi connectivity index (χ0n) is 6.66. The average molecular weight is 158 g/mol. The minimum absolute atomic E-state index is 0.172. The average Bonchev–Trinajstić information content (AvgIpc) is 1.94. The zero-order chi connectivity index (χ0) is 8.43. The van der Waals surface area contributed by atoms with Gasteiger partial charge in [-0.15, -0.1) is 0 Å². The summed E-state index contributed by atoms with van der Waals surface area (Å²) in [6.07, 6.45) is -0.0447. The van der Waals surface area contributed by atoms with Gasteiger partial charge in [-0.05, 0) is 12.3 Å². The molecule has 1 amide bonds. The number of amides is 1. The Hall–Kier alpha value is -0.770. The Morgan fingerprint density at radius 1 is 1.73 bits per heavy atom. The minimum Gasteiger partial charge on any atom is -0.465 e. The Morgan fingerprint density at radius 3 is 2.82 bits per heavy atom. The predicted octanol–water partition coefficient (Wildman–Crippen LogP) is 0.334. The molecule has 1 aliphatic heterocycles. The summed E-state index contributed by atoms with van der Waals surface area (Å²) in [6, 6.07) is 0.172. The molecule has 0 aromatic heterocycles. The standard InChI is InChI=1S/C7H14N2O2/c1-5-4-9(7(10)11)3-2-6(5)8/h5-6H,2-4,8H2,1H3,(H,10,11)/t5-,6-/m1/s1. The highest BCUT2D eigenvalue weighted by molar-refractivity contribution is 5.65. The molecule has 11 heavy (non-hydrogen) atoms. The van der Waals surface area contributed by atoms with Crippen LogP contribution in [0, 0.1) is 5.92 Å². The molecule has 0 bridgehead atoms. The second-order valence-corrected chi connectivity index (χ2v) is 3.16. The van der Waals surface area contributed by atoms with Crippen LogP contribution in [0.1, 0.15) is 13.3 Å². The largest absolute Gasteiger partial charge is 0.465 e. The molecule has 1 heterocycles. The highest BCUT2D eigenvalue weighted by atomic mass is 16.4. The first-order chi connectivity index (χ1) is 5.11. The quantitative estimate of drug-likeness (QED) is 0.534. The maximum atomic E-state index is 10.5. The van der Waals surface area contributed by atoms with Gasteiger partial charge in [0.05, 0.1) is 0 Å². The number of nitrogens with two attached hydrogens (primary N) is 1. The lowest BCUT2D eigenvalue weighted by atomic mass is 9.95. The summed E-state index contributed by atoms with van der Waals surface area (Å²) in [4.78, 5) is 11.9. The molecule has 0 radical (unpaired) electrons. The Balaban J connectivity index is 2.46. The number of nitrogens with zero attached hydrogens (tertiary/aromatic N) is 1. The molecular weight excluding hydrogens is 144 g/mol. The molecule has 1 saturated heterocycles. The first-order valence-electron chi connectivity index (χ1n) is 3.84. The molecule has 64 valence electrons. The topological polar surface area (TPSA) is 66.6 Å². The fourth-order valence-electron chi connectivity index (χ4n) is 1.34. The minimum atomic E-state index is -0.830. The van der Waals surface area contributed by atoms with Gasteiger partial charge in [-0.1, -0.05) is 6.92 Å². The van der Waals surface area contributed by atoms with Gasteiger partial charge in [-0.2, -0.15) is 0 Å². The van der Waals surface area contributed by atoms with Crippen LogP contribution in [0.2, 0.25) is 0 Å². The lowest BCUT2D eigenvalue weighted by Gasteiger charge is -2.33. The number of piperidine rings is 1. The lowest BCUT2D eigenvalue weighted by molar-refractivity contribution is 0.117. The van der Waals surface area contributed by atoms with Crippen LogP contribution in [0.3, 0.4) is 0 Å². The second kappa shape index (κ2) is 3.09. The van der Waals surface area contributed by atoms with Crippen LogP contribution in [-0.4, -0.2) is 35.2 Å². The molecule has 4 nitrogen and oxygen atoms in total. The van der Waals surface area contributed by atoms with E-state index in [-0.39, 0.29) is 6.04 Å². The zero-order valence-corrected chi connectivity index (χ0v) is 6.66. The Bertz CT molecular complexity index is 161. The van der Waals surface area contributed by atoms with E-state index in [9.17, 15) is 4.79 Å². The molecule has 3 N–H and O–H groups in total. The maximum absolute atomic E-state index is 10.5. The summed E-state index contributed by atoms with van der Waals surface area (Å²) in [7, 11) is 0. The van der Waals surface area contributed by atoms with Crippen molar-refractivity contribution in [2.75, 3.05) is 13.1 Å². The molecule has 0 saturated carbocycles. The summed E-state index contributed by atoms with van der Waals surface area (Å²) in [5.74, 6) is 0.292. The van der Waals surface area contributed by atoms with Crippen LogP contribution in [-0.2, 0) is 0 Å². The summed E-state index contributed by atoms with van der Waals surface area (Å²) >= 11 is 0. The van der Waals surface area contributed by atoms with Crippen LogP contribution >= 0.6 is 0 Å². The second-order valence-electron chi connectivity index (χ2n) is 3.16. The molecule has 4 heteroatoms. The summed E-state index contributed by atoms with van der Waals surface area (Å²) < 4.78 is 0. The van der Waals surface area contributed by atoms with Gasteiger partial charge >= 0.3 is 6.09 Å². The number of carbonyl (C=O) groups is 1. The Labute approximate surface area is 66.0 Å². The van der Waals surface area contributed by atoms with Gasteiger partial charge in [-0.3, -0.25) is 0 Å². The molecular formula is C7H14N2O2. The third kappa shape index (κ3) is 1.83. The van der Waals surface area contributed by atoms with Crippen molar-refractivity contribution in [3.63, 3.8) is 0 Å². The fraction of sp³-hybridized carbons (Fsp3) is 0.857. The van der Waals surface area contributed by atoms with Gasteiger partial charge in [0.2, 0.25) is 0 Å². The van der Waals surface area contributed by atoms with Crippen LogP contribution in [0.25, 0.3) is 0 Å². The Kier molecular flexibility index (Phi) is 2.34. The molecule has 0 aliphatic carbocycles. The van der Waals surface area contributed by atoms with Crippen molar-refractivity contribution in [1.82, 2.24) is 4.90 Å². The first kappa shape index (κ1) is 8.33. The third-order valence-electron chi connectivity index (χ3n) is 2.24. The molecule has 0 unspecified atom stereocenters. The van der Waals surface area contributed by atoms with Crippen LogP contribution in [0.15, 0.2) is 0 Å². The van der Waals surface area contributed by atoms with E-state index in [2.05, 4.69) is 0 Å². The molecule has 1 aliphatic rings. The van der Waals surface area contributed by atoms with Gasteiger partial charge in [0, 0.05) is 19.1 Å². The Morgan fingerprint density at radius 2 is 2.36 bits per heavy atom. The van der Waals surface area contributed by atoms with Gasteiger partial charge in [0.15, 0.2) is 0 Å². The van der Waals surface area contributed by atoms with E-state index in [0.717, 1.165) is 6.42 Å². The molecule has 0 spiro atoms. The van der Waals surface area contributed by atoms with Crippen molar-refractivity contribution in [1.29, 1.82) is 0 Å². The van der Waals surface area contributed by atoms with Crippen molar-refractivity contribution in [3.8, 4) is 0 Å². The number of carboxylic acid groups (broad SMARTS) is 1. The van der Waals surface area contributed by atoms with E-state index in [4.69, 9.17) is 10.8 Å². The number of likely N-dealkylation sites (tertiary alicyclic amines) is 1. The summed E-state index contributed by atoms with van der Waals surface area (Å²) in [6.45, 7) is 3.15. The van der Waals surface area contributed by atoms with Crippen LogP contribution in [0.4, 0.5) is 4.79 Å². The van der Waals surface area contributed by atoms with Crippen LogP contribution < -0.4 is 5.73 Å². The van der Waals surface area contributed by atoms with E-state index in [1.807, 2.05) is 6.92 Å². The van der Waals surface area contributed by atoms with E-state index >= 15 is 0 Å². The number of hydrogen-bond acceptors (Lipinski definition) is 2. The van der Waals surface area contributed by atoms with Gasteiger partial charge in [0.25, 0.3) is 0 Å². The van der Waals surface area contributed by atoms with Crippen molar-refractivity contribution >= 4 is 6.09 Å². The summed E-state index contributed by atoms with van der Waals surface area (Å²) in [5, 5.41) is 8.63. The highest BCUT2D eigenvalue weighted by Crippen LogP contribution is 2.14. The number of rotatable bonds is 0. The van der Waals surface area contributed by atoms with Gasteiger partial charge < -0.3 is 15.7 Å². The van der Waals surface area contributed by atoms with Crippen molar-refractivity contribution in [3.05, 3.63) is 0 Å². The fourth-order valence-corrected chi connectivity index (χ4v) is 1.34. The molecule has 0 aromatic rings. The normalized spacial score (nSPS) is 32.0. The van der Waals surface area contributed by atoms with Crippen LogP contribution in [0.5, 0.6) is 0 Å². The lowest BCUT2D eigenvalue weighted by Crippen LogP contribution is -2.47. The van der Waals surface area contributed by atoms with E-state index in [1.54, 1.807) is 0 Å². The maximum Gasteiger partial charge on any atom is 0.407 e. The molecule has 2 atom stereocenters. The first-order valence-corrected chi connectivity index (χ1v) is 3.84. The SMILES string of the molecule is C[C@@H]1CN(C(=O)O)CC[C@H]1N. The third-order valence-corrected chi connectivity index (χ3v) is 2.24. The van der Waals surface area contributed by atoms with Gasteiger partial charge in [0.1, 0.15) is 0 Å². The smallest absolute Gasteiger partial charge is 0.407 e. The van der Waals surface area contributed by atoms with E-state index in [0.29, 0.717) is 19.0 Å². The monoisotopic (exact) mass is 158 g/mol. The number of hydrogen-bond donors (Lipinski definition) is 2. The van der Waals surface area contributed by atoms with E-state index in [1.165, 1.54) is 4.90 Å². The van der Waals surface area contributed by atoms with Gasteiger partial charge in [-0.25, -0.2) is 4.79 Å². The van der Waals surface area contributed by atoms with Crippen molar-refractivity contribution in [2.24, 2.45) is 11.7 Å². The van der Waals surface area contributed by atoms with E-state index < -0.39 is 6.09 Å². The molecule has 0 aromatic carbocycles. The van der Waals surface area contributed by atoms with Crippen molar-refractivity contribution in [2.45, 2.75) is 19.4 Å². The highest BCUT2D eigenvalue weighted by Gasteiger charge is 2.25. The predicted molar refractivity (Wildman–Crippen MR) is 41.4 cm³/mol.